The molecule has 0 unspecified atom stereocenters. The van der Waals surface area contributed by atoms with Crippen LogP contribution in [0.2, 0.25) is 0 Å². The van der Waals surface area contributed by atoms with Gasteiger partial charge in [0.05, 0.1) is 17.2 Å². The Kier molecular flexibility index (Phi) is 4.53. The maximum absolute atomic E-state index is 11.4. The highest BCUT2D eigenvalue weighted by Crippen LogP contribution is 2.37. The Labute approximate surface area is 143 Å². The van der Waals surface area contributed by atoms with Gasteiger partial charge in [-0.15, -0.1) is 0 Å². The van der Waals surface area contributed by atoms with E-state index >= 15 is 0 Å². The molecule has 10 nitrogen and oxygen atoms in total. The number of nitrogens with zero attached hydrogens (tertiary/aromatic N) is 4. The highest BCUT2D eigenvalue weighted by Gasteiger charge is 2.25. The molecule has 0 aliphatic carbocycles. The zero-order chi connectivity index (χ0) is 17.1. The van der Waals surface area contributed by atoms with Gasteiger partial charge in [0.2, 0.25) is 5.52 Å². The van der Waals surface area contributed by atoms with Gasteiger partial charge in [0, 0.05) is 17.2 Å². The zero-order valence-corrected chi connectivity index (χ0v) is 13.6. The highest BCUT2D eigenvalue weighted by atomic mass is 79.9. The molecule has 24 heavy (non-hydrogen) atoms. The minimum Gasteiger partial charge on any atom is -0.395 e. The maximum atomic E-state index is 11.4. The van der Waals surface area contributed by atoms with Gasteiger partial charge < -0.3 is 15.7 Å². The lowest BCUT2D eigenvalue weighted by atomic mass is 10.2. The van der Waals surface area contributed by atoms with Crippen LogP contribution in [0.15, 0.2) is 33.5 Å². The second kappa shape index (κ2) is 6.76. The van der Waals surface area contributed by atoms with Crippen LogP contribution in [0.3, 0.4) is 0 Å². The molecule has 11 heteroatoms. The molecule has 0 spiro atoms. The number of hydrogen-bond acceptors (Lipinski definition) is 9. The van der Waals surface area contributed by atoms with Crippen molar-refractivity contribution in [2.24, 2.45) is 0 Å². The van der Waals surface area contributed by atoms with Gasteiger partial charge in [0.25, 0.3) is 0 Å². The molecule has 0 bridgehead atoms. The molecule has 0 aliphatic rings. The van der Waals surface area contributed by atoms with Crippen LogP contribution in [0.4, 0.5) is 22.9 Å². The predicted molar refractivity (Wildman–Crippen MR) is 89.3 cm³/mol. The number of hydrogen-bond donors (Lipinski definition) is 3. The molecule has 2 aromatic heterocycles. The van der Waals surface area contributed by atoms with Crippen LogP contribution in [0.25, 0.3) is 11.0 Å². The summed E-state index contributed by atoms with van der Waals surface area (Å²) in [6.45, 7) is -0.0309. The Morgan fingerprint density at radius 2 is 2.08 bits per heavy atom. The number of halogens is 1. The molecule has 0 radical (unpaired) electrons. The number of pyridine rings is 1. The van der Waals surface area contributed by atoms with Crippen molar-refractivity contribution in [3.8, 4) is 0 Å². The maximum Gasteiger partial charge on any atom is 0.323 e. The van der Waals surface area contributed by atoms with Gasteiger partial charge in [-0.25, -0.2) is 9.61 Å². The molecular weight excluding hydrogens is 384 g/mol. The molecule has 3 aromatic rings. The normalized spacial score (nSPS) is 10.8. The zero-order valence-electron chi connectivity index (χ0n) is 12.1. The first-order valence-electron chi connectivity index (χ1n) is 6.77. The molecule has 0 saturated carbocycles. The fraction of sp³-hybridized carbons (Fsp3) is 0.154. The number of aliphatic hydroxyl groups is 1. The fourth-order valence-electron chi connectivity index (χ4n) is 2.12. The first kappa shape index (κ1) is 16.1. The van der Waals surface area contributed by atoms with Gasteiger partial charge in [0.15, 0.2) is 5.52 Å². The standard InChI is InChI=1S/C13H11BrN6O4/c14-7-1-2-10(16-6-7)17-8-5-9(15-3-4-21)13(20(22)23)12-11(8)18-24-19-12/h1-2,5-6,15,21H,3-4H2,(H,16,17). The first-order chi connectivity index (χ1) is 11.6. The fourth-order valence-corrected chi connectivity index (χ4v) is 2.36. The Bertz CT molecular complexity index is 882. The monoisotopic (exact) mass is 394 g/mol. The van der Waals surface area contributed by atoms with Gasteiger partial charge in [-0.3, -0.25) is 10.1 Å². The topological polar surface area (TPSA) is 139 Å². The Balaban J connectivity index is 2.09. The molecule has 3 rings (SSSR count). The third kappa shape index (κ3) is 3.12. The van der Waals surface area contributed by atoms with Crippen LogP contribution in [-0.2, 0) is 0 Å². The van der Waals surface area contributed by atoms with Crippen molar-refractivity contribution in [1.29, 1.82) is 0 Å². The molecule has 0 saturated heterocycles. The van der Waals surface area contributed by atoms with Gasteiger partial charge in [-0.2, -0.15) is 0 Å². The summed E-state index contributed by atoms with van der Waals surface area (Å²) in [5.41, 5.74) is 0.571. The van der Waals surface area contributed by atoms with Crippen LogP contribution in [0.5, 0.6) is 0 Å². The van der Waals surface area contributed by atoms with E-state index < -0.39 is 4.92 Å². The molecule has 0 fully saturated rings. The van der Waals surface area contributed by atoms with E-state index in [0.717, 1.165) is 4.47 Å². The lowest BCUT2D eigenvalue weighted by Gasteiger charge is -2.10. The quantitative estimate of drug-likeness (QED) is 0.424. The van der Waals surface area contributed by atoms with Crippen LogP contribution < -0.4 is 10.6 Å². The number of aromatic nitrogens is 3. The van der Waals surface area contributed by atoms with E-state index in [1.165, 1.54) is 6.07 Å². The van der Waals surface area contributed by atoms with E-state index in [1.54, 1.807) is 18.3 Å². The lowest BCUT2D eigenvalue weighted by Crippen LogP contribution is -2.08. The molecular formula is C13H11BrN6O4. The summed E-state index contributed by atoms with van der Waals surface area (Å²) in [6, 6.07) is 5.03. The second-order valence-electron chi connectivity index (χ2n) is 4.68. The molecule has 124 valence electrons. The van der Waals surface area contributed by atoms with Crippen LogP contribution in [0.1, 0.15) is 0 Å². The summed E-state index contributed by atoms with van der Waals surface area (Å²) in [4.78, 5) is 15.0. The van der Waals surface area contributed by atoms with Gasteiger partial charge in [-0.1, -0.05) is 0 Å². The van der Waals surface area contributed by atoms with E-state index in [9.17, 15) is 10.1 Å². The number of nitrogens with one attached hydrogen (secondary N) is 2. The average molecular weight is 395 g/mol. The summed E-state index contributed by atoms with van der Waals surface area (Å²) >= 11 is 3.29. The second-order valence-corrected chi connectivity index (χ2v) is 5.59. The van der Waals surface area contributed by atoms with Crippen molar-refractivity contribution in [2.45, 2.75) is 0 Å². The van der Waals surface area contributed by atoms with E-state index in [1.807, 2.05) is 0 Å². The van der Waals surface area contributed by atoms with Crippen molar-refractivity contribution >= 4 is 49.8 Å². The molecule has 0 amide bonds. The SMILES string of the molecule is O=[N+]([O-])c1c(NCCO)cc(Nc2ccc(Br)cn2)c2nonc12. The number of rotatable bonds is 6. The van der Waals surface area contributed by atoms with Crippen LogP contribution in [-0.4, -0.2) is 38.5 Å². The first-order valence-corrected chi connectivity index (χ1v) is 7.56. The summed E-state index contributed by atoms with van der Waals surface area (Å²) in [7, 11) is 0. The summed E-state index contributed by atoms with van der Waals surface area (Å²) in [5.74, 6) is 0.518. The van der Waals surface area contributed by atoms with Crippen LogP contribution >= 0.6 is 15.9 Å². The molecule has 1 aromatic carbocycles. The summed E-state index contributed by atoms with van der Waals surface area (Å²) < 4.78 is 5.48. The minimum atomic E-state index is -0.575. The van der Waals surface area contributed by atoms with E-state index in [-0.39, 0.29) is 35.6 Å². The van der Waals surface area contributed by atoms with E-state index in [4.69, 9.17) is 5.11 Å². The Morgan fingerprint density at radius 3 is 2.75 bits per heavy atom. The van der Waals surface area contributed by atoms with Gasteiger partial charge in [-0.05, 0) is 44.4 Å². The number of nitro groups is 1. The van der Waals surface area contributed by atoms with Crippen molar-refractivity contribution in [2.75, 3.05) is 23.8 Å². The Hall–Kier alpha value is -2.79. The van der Waals surface area contributed by atoms with E-state index in [2.05, 4.69) is 46.5 Å². The van der Waals surface area contributed by atoms with Crippen molar-refractivity contribution in [3.05, 3.63) is 39.0 Å². The van der Waals surface area contributed by atoms with Crippen molar-refractivity contribution in [1.82, 2.24) is 15.3 Å². The number of nitro benzene ring substituents is 1. The summed E-state index contributed by atoms with van der Waals surface area (Å²) in [5, 5.41) is 33.5. The van der Waals surface area contributed by atoms with Crippen molar-refractivity contribution in [3.63, 3.8) is 0 Å². The summed E-state index contributed by atoms with van der Waals surface area (Å²) in [6.07, 6.45) is 1.61. The number of benzene rings is 1. The van der Waals surface area contributed by atoms with E-state index in [0.29, 0.717) is 11.5 Å². The Morgan fingerprint density at radius 1 is 1.29 bits per heavy atom. The molecule has 2 heterocycles. The molecule has 3 N–H and O–H groups in total. The van der Waals surface area contributed by atoms with Crippen LogP contribution in [0, 0.1) is 10.1 Å². The smallest absolute Gasteiger partial charge is 0.323 e. The largest absolute Gasteiger partial charge is 0.395 e. The highest BCUT2D eigenvalue weighted by molar-refractivity contribution is 9.10. The van der Waals surface area contributed by atoms with Gasteiger partial charge in [0.1, 0.15) is 11.5 Å². The lowest BCUT2D eigenvalue weighted by molar-refractivity contribution is -0.382. The molecule has 0 aliphatic heterocycles. The predicted octanol–water partition coefficient (Wildman–Crippen LogP) is 2.44. The number of fused-ring (bicyclic) bond motifs is 1. The van der Waals surface area contributed by atoms with Crippen molar-refractivity contribution < 1.29 is 14.7 Å². The molecule has 0 atom stereocenters. The van der Waals surface area contributed by atoms with Gasteiger partial charge >= 0.3 is 5.69 Å². The third-order valence-corrected chi connectivity index (χ3v) is 3.58. The average Bonchev–Trinajstić information content (AvgIpc) is 3.04. The third-order valence-electron chi connectivity index (χ3n) is 3.11. The number of anilines is 3. The number of aliphatic hydroxyl groups excluding tert-OH is 1. The minimum absolute atomic E-state index is 0.00236.